The molecule has 7 rings (SSSR count). The largest absolute Gasteiger partial charge is 0.497 e. The van der Waals surface area contributed by atoms with Gasteiger partial charge in [0.1, 0.15) is 24.4 Å². The molecule has 2 aromatic carbocycles. The number of fused-ring (bicyclic) bond motifs is 4. The number of methoxy groups -OCH3 is 1. The van der Waals surface area contributed by atoms with Gasteiger partial charge in [0.05, 0.1) is 24.8 Å². The smallest absolute Gasteiger partial charge is 0.244 e. The van der Waals surface area contributed by atoms with E-state index in [0.717, 1.165) is 45.0 Å². The molecule has 5 heterocycles. The van der Waals surface area contributed by atoms with Gasteiger partial charge in [-0.3, -0.25) is 9.78 Å². The highest BCUT2D eigenvalue weighted by Gasteiger charge is 2.37. The molecule has 1 atom stereocenters. The highest BCUT2D eigenvalue weighted by molar-refractivity contribution is 5.68. The Kier molecular flexibility index (Phi) is 5.29. The first-order chi connectivity index (χ1) is 19.1. The van der Waals surface area contributed by atoms with Crippen LogP contribution in [0.15, 0.2) is 67.3 Å². The van der Waals surface area contributed by atoms with Gasteiger partial charge >= 0.3 is 0 Å². The van der Waals surface area contributed by atoms with Crippen molar-refractivity contribution in [3.8, 4) is 34.6 Å². The van der Waals surface area contributed by atoms with Crippen molar-refractivity contribution >= 4 is 5.65 Å². The number of benzene rings is 2. The van der Waals surface area contributed by atoms with Gasteiger partial charge in [-0.25, -0.2) is 14.5 Å². The predicted octanol–water partition coefficient (Wildman–Crippen LogP) is 4.43. The van der Waals surface area contributed by atoms with Gasteiger partial charge < -0.3 is 14.2 Å². The summed E-state index contributed by atoms with van der Waals surface area (Å²) in [5, 5.41) is 16.6. The van der Waals surface area contributed by atoms with E-state index in [-0.39, 0.29) is 5.92 Å². The molecular formula is C28H24N8O3. The number of hydrogen-bond donors (Lipinski definition) is 1. The molecule has 0 bridgehead atoms. The zero-order valence-electron chi connectivity index (χ0n) is 21.5. The maximum absolute atomic E-state index is 6.10. The minimum atomic E-state index is -0.216. The molecular weight excluding hydrogens is 496 g/mol. The Morgan fingerprint density at radius 3 is 2.77 bits per heavy atom. The molecule has 0 amide bonds. The number of aromatic nitrogens is 8. The lowest BCUT2D eigenvalue weighted by Crippen LogP contribution is -2.14. The van der Waals surface area contributed by atoms with E-state index < -0.39 is 0 Å². The van der Waals surface area contributed by atoms with Crippen molar-refractivity contribution in [2.75, 3.05) is 7.11 Å². The average Bonchev–Trinajstić information content (AvgIpc) is 3.69. The predicted molar refractivity (Wildman–Crippen MR) is 141 cm³/mol. The zero-order valence-corrected chi connectivity index (χ0v) is 21.5. The first kappa shape index (κ1) is 23.0. The summed E-state index contributed by atoms with van der Waals surface area (Å²) in [4.78, 5) is 9.53. The van der Waals surface area contributed by atoms with Crippen LogP contribution in [0.5, 0.6) is 23.3 Å². The molecule has 1 N–H and O–H groups in total. The molecule has 1 aliphatic rings. The summed E-state index contributed by atoms with van der Waals surface area (Å²) < 4.78 is 20.9. The molecule has 0 fully saturated rings. The normalized spacial score (nSPS) is 14.1. The van der Waals surface area contributed by atoms with E-state index in [1.54, 1.807) is 22.6 Å². The maximum atomic E-state index is 6.10. The quantitative estimate of drug-likeness (QED) is 0.342. The lowest BCUT2D eigenvalue weighted by Gasteiger charge is -2.24. The molecule has 11 heteroatoms. The summed E-state index contributed by atoms with van der Waals surface area (Å²) in [6.07, 6.45) is 5.45. The number of nitrogens with zero attached hydrogens (tertiary/aromatic N) is 7. The van der Waals surface area contributed by atoms with Crippen LogP contribution in [0.25, 0.3) is 17.0 Å². The third-order valence-corrected chi connectivity index (χ3v) is 6.81. The van der Waals surface area contributed by atoms with Crippen LogP contribution in [0, 0.1) is 6.92 Å². The van der Waals surface area contributed by atoms with Gasteiger partial charge in [-0.05, 0) is 30.7 Å². The first-order valence-electron chi connectivity index (χ1n) is 12.4. The second-order valence-corrected chi connectivity index (χ2v) is 9.38. The molecule has 194 valence electrons. The Balaban J connectivity index is 1.27. The SMILES string of the molecule is COc1cccc(OCc2cccc(-c3nc4c5c(ncn4n3)Oc3n[nH]c(C)c3[C@@H]5c3cnn(C)c3)c2)c1. The molecule has 11 nitrogen and oxygen atoms in total. The van der Waals surface area contributed by atoms with Gasteiger partial charge in [0.25, 0.3) is 0 Å². The Labute approximate surface area is 223 Å². The summed E-state index contributed by atoms with van der Waals surface area (Å²) in [5.74, 6) is 2.81. The number of aromatic amines is 1. The number of aryl methyl sites for hydroxylation is 2. The molecule has 0 unspecified atom stereocenters. The summed E-state index contributed by atoms with van der Waals surface area (Å²) in [5.41, 5.74) is 6.18. The number of ether oxygens (including phenoxy) is 3. The fraction of sp³-hybridized carbons (Fsp3) is 0.179. The Hall–Kier alpha value is -5.19. The van der Waals surface area contributed by atoms with Gasteiger partial charge in [-0.15, -0.1) is 10.2 Å². The van der Waals surface area contributed by atoms with Crippen LogP contribution in [-0.2, 0) is 13.7 Å². The highest BCUT2D eigenvalue weighted by Crippen LogP contribution is 2.48. The van der Waals surface area contributed by atoms with Crippen molar-refractivity contribution in [3.63, 3.8) is 0 Å². The van der Waals surface area contributed by atoms with Crippen LogP contribution in [0.4, 0.5) is 0 Å². The van der Waals surface area contributed by atoms with Gasteiger partial charge in [-0.1, -0.05) is 24.3 Å². The standard InChI is InChI=1S/C28H24N8O3/c1-16-22-23(19-12-30-35(2)13-19)24-26-31-25(34-36(26)15-29-27(24)39-28(22)33-32-16)18-7-4-6-17(10-18)14-38-21-9-5-8-20(11-21)37-3/h4-13,15,23H,14H2,1-3H3,(H,32,33)/t23-/m0/s1. The van der Waals surface area contributed by atoms with Crippen molar-refractivity contribution in [1.29, 1.82) is 0 Å². The topological polar surface area (TPSA) is 117 Å². The number of hydrogen-bond acceptors (Lipinski definition) is 8. The van der Waals surface area contributed by atoms with Gasteiger partial charge in [-0.2, -0.15) is 5.10 Å². The fourth-order valence-electron chi connectivity index (χ4n) is 4.97. The van der Waals surface area contributed by atoms with Crippen molar-refractivity contribution in [1.82, 2.24) is 39.6 Å². The minimum Gasteiger partial charge on any atom is -0.497 e. The van der Waals surface area contributed by atoms with Gasteiger partial charge in [0.15, 0.2) is 11.5 Å². The number of rotatable bonds is 6. The van der Waals surface area contributed by atoms with Gasteiger partial charge in [0, 0.05) is 41.7 Å². The van der Waals surface area contributed by atoms with Crippen LogP contribution >= 0.6 is 0 Å². The van der Waals surface area contributed by atoms with E-state index in [1.807, 2.05) is 74.9 Å². The molecule has 39 heavy (non-hydrogen) atoms. The Morgan fingerprint density at radius 2 is 1.92 bits per heavy atom. The molecule has 0 aliphatic carbocycles. The lowest BCUT2D eigenvalue weighted by atomic mass is 9.86. The summed E-state index contributed by atoms with van der Waals surface area (Å²) in [7, 11) is 3.53. The molecule has 0 spiro atoms. The third-order valence-electron chi connectivity index (χ3n) is 6.81. The molecule has 1 aliphatic heterocycles. The van der Waals surface area contributed by atoms with Crippen LogP contribution in [0.2, 0.25) is 0 Å². The minimum absolute atomic E-state index is 0.216. The van der Waals surface area contributed by atoms with Crippen molar-refractivity contribution < 1.29 is 14.2 Å². The average molecular weight is 521 g/mol. The second kappa shape index (κ2) is 8.98. The molecule has 6 aromatic rings. The van der Waals surface area contributed by atoms with E-state index in [9.17, 15) is 0 Å². The fourth-order valence-corrected chi connectivity index (χ4v) is 4.97. The van der Waals surface area contributed by atoms with Crippen LogP contribution in [0.1, 0.15) is 33.9 Å². The summed E-state index contributed by atoms with van der Waals surface area (Å²) in [6, 6.07) is 15.5. The Bertz CT molecular complexity index is 1840. The third kappa shape index (κ3) is 3.95. The maximum Gasteiger partial charge on any atom is 0.244 e. The van der Waals surface area contributed by atoms with E-state index in [2.05, 4.69) is 20.3 Å². The van der Waals surface area contributed by atoms with E-state index in [0.29, 0.717) is 29.8 Å². The summed E-state index contributed by atoms with van der Waals surface area (Å²) in [6.45, 7) is 2.37. The molecule has 0 saturated carbocycles. The van der Waals surface area contributed by atoms with Crippen molar-refractivity contribution in [3.05, 3.63) is 95.2 Å². The van der Waals surface area contributed by atoms with Crippen molar-refractivity contribution in [2.45, 2.75) is 19.4 Å². The molecule has 0 radical (unpaired) electrons. The van der Waals surface area contributed by atoms with Crippen LogP contribution in [0.3, 0.4) is 0 Å². The number of H-pyrrole nitrogens is 1. The van der Waals surface area contributed by atoms with E-state index in [1.165, 1.54) is 0 Å². The second-order valence-electron chi connectivity index (χ2n) is 9.38. The molecule has 0 saturated heterocycles. The first-order valence-corrected chi connectivity index (χ1v) is 12.4. The van der Waals surface area contributed by atoms with Gasteiger partial charge in [0.2, 0.25) is 11.8 Å². The summed E-state index contributed by atoms with van der Waals surface area (Å²) >= 11 is 0. The molecule has 4 aromatic heterocycles. The van der Waals surface area contributed by atoms with Crippen LogP contribution in [-0.4, -0.2) is 46.7 Å². The monoisotopic (exact) mass is 520 g/mol. The lowest BCUT2D eigenvalue weighted by molar-refractivity contribution is 0.303. The highest BCUT2D eigenvalue weighted by atomic mass is 16.5. The number of nitrogens with one attached hydrogen (secondary N) is 1. The zero-order chi connectivity index (χ0) is 26.5. The Morgan fingerprint density at radius 1 is 1.05 bits per heavy atom. The van der Waals surface area contributed by atoms with E-state index >= 15 is 0 Å². The van der Waals surface area contributed by atoms with Crippen LogP contribution < -0.4 is 14.2 Å². The van der Waals surface area contributed by atoms with Crippen molar-refractivity contribution in [2.24, 2.45) is 7.05 Å². The van der Waals surface area contributed by atoms with E-state index in [4.69, 9.17) is 24.3 Å².